The molecule has 0 aromatic carbocycles. The molecule has 5 heteroatoms. The van der Waals surface area contributed by atoms with Crippen molar-refractivity contribution in [3.63, 3.8) is 0 Å². The lowest BCUT2D eigenvalue weighted by Gasteiger charge is -2.23. The summed E-state index contributed by atoms with van der Waals surface area (Å²) in [5, 5.41) is 12.1. The van der Waals surface area contributed by atoms with Gasteiger partial charge in [-0.05, 0) is 26.3 Å². The Hall–Kier alpha value is -1.65. The molecule has 88 valence electrons. The predicted molar refractivity (Wildman–Crippen MR) is 61.3 cm³/mol. The average Bonchev–Trinajstić information content (AvgIpc) is 2.26. The molecule has 0 bridgehead atoms. The first-order valence-electron chi connectivity index (χ1n) is 5.25. The summed E-state index contributed by atoms with van der Waals surface area (Å²) in [7, 11) is 0. The number of carboxylic acids is 1. The molecular formula is C11H17N3O2. The number of aryl methyl sites for hydroxylation is 1. The van der Waals surface area contributed by atoms with Crippen LogP contribution in [-0.4, -0.2) is 27.6 Å². The molecule has 1 aromatic rings. The fourth-order valence-corrected chi connectivity index (χ4v) is 1.19. The number of aliphatic carboxylic acids is 1. The Kier molecular flexibility index (Phi) is 3.82. The largest absolute Gasteiger partial charge is 0.481 e. The highest BCUT2D eigenvalue weighted by molar-refractivity contribution is 5.74. The molecule has 0 saturated carbocycles. The van der Waals surface area contributed by atoms with Crippen LogP contribution in [-0.2, 0) is 4.79 Å². The Morgan fingerprint density at radius 2 is 2.31 bits per heavy atom. The third-order valence-electron chi connectivity index (χ3n) is 2.73. The van der Waals surface area contributed by atoms with E-state index in [-0.39, 0.29) is 0 Å². The first kappa shape index (κ1) is 12.4. The van der Waals surface area contributed by atoms with E-state index in [1.54, 1.807) is 26.1 Å². The van der Waals surface area contributed by atoms with Gasteiger partial charge in [0.05, 0.1) is 5.41 Å². The molecule has 1 heterocycles. The van der Waals surface area contributed by atoms with Gasteiger partial charge in [0, 0.05) is 12.7 Å². The van der Waals surface area contributed by atoms with Crippen LogP contribution in [0.4, 0.5) is 5.82 Å². The number of nitrogens with zero attached hydrogens (tertiary/aromatic N) is 2. The van der Waals surface area contributed by atoms with E-state index in [2.05, 4.69) is 15.3 Å². The first-order valence-corrected chi connectivity index (χ1v) is 5.25. The second kappa shape index (κ2) is 4.92. The molecule has 0 fully saturated rings. The minimum atomic E-state index is -0.798. The van der Waals surface area contributed by atoms with Crippen LogP contribution >= 0.6 is 0 Å². The van der Waals surface area contributed by atoms with Gasteiger partial charge in [-0.3, -0.25) is 4.79 Å². The van der Waals surface area contributed by atoms with Gasteiger partial charge < -0.3 is 10.4 Å². The zero-order valence-corrected chi connectivity index (χ0v) is 9.82. The Morgan fingerprint density at radius 1 is 1.62 bits per heavy atom. The van der Waals surface area contributed by atoms with Crippen molar-refractivity contribution in [1.82, 2.24) is 9.97 Å². The molecule has 0 saturated heterocycles. The minimum Gasteiger partial charge on any atom is -0.481 e. The van der Waals surface area contributed by atoms with Crippen LogP contribution in [0.25, 0.3) is 0 Å². The molecule has 1 aromatic heterocycles. The van der Waals surface area contributed by atoms with Crippen LogP contribution < -0.4 is 5.32 Å². The number of nitrogens with one attached hydrogen (secondary N) is 1. The minimum absolute atomic E-state index is 0.356. The zero-order chi connectivity index (χ0) is 12.2. The monoisotopic (exact) mass is 223 g/mol. The number of aromatic nitrogens is 2. The number of rotatable bonds is 5. The number of carboxylic acid groups (broad SMARTS) is 1. The van der Waals surface area contributed by atoms with Crippen molar-refractivity contribution in [3.05, 3.63) is 18.1 Å². The molecule has 0 aliphatic heterocycles. The number of hydrogen-bond acceptors (Lipinski definition) is 4. The van der Waals surface area contributed by atoms with Gasteiger partial charge in [-0.25, -0.2) is 9.97 Å². The lowest BCUT2D eigenvalue weighted by molar-refractivity contribution is -0.147. The predicted octanol–water partition coefficient (Wildman–Crippen LogP) is 1.70. The lowest BCUT2D eigenvalue weighted by atomic mass is 9.88. The second-order valence-corrected chi connectivity index (χ2v) is 4.06. The topological polar surface area (TPSA) is 75.1 Å². The molecule has 2 N–H and O–H groups in total. The summed E-state index contributed by atoms with van der Waals surface area (Å²) < 4.78 is 0. The molecule has 1 atom stereocenters. The van der Waals surface area contributed by atoms with Gasteiger partial charge in [0.2, 0.25) is 0 Å². The SMILES string of the molecule is CCC(C)(CNc1ccnc(C)n1)C(=O)O. The molecule has 16 heavy (non-hydrogen) atoms. The van der Waals surface area contributed by atoms with Gasteiger partial charge in [-0.15, -0.1) is 0 Å². The van der Waals surface area contributed by atoms with E-state index in [9.17, 15) is 4.79 Å². The second-order valence-electron chi connectivity index (χ2n) is 4.06. The number of hydrogen-bond donors (Lipinski definition) is 2. The summed E-state index contributed by atoms with van der Waals surface area (Å²) in [5.41, 5.74) is -0.765. The zero-order valence-electron chi connectivity index (χ0n) is 9.82. The molecule has 0 aliphatic rings. The Labute approximate surface area is 94.9 Å². The van der Waals surface area contributed by atoms with Crippen LogP contribution in [0.15, 0.2) is 12.3 Å². The molecule has 0 aliphatic carbocycles. The van der Waals surface area contributed by atoms with Crippen molar-refractivity contribution in [1.29, 1.82) is 0 Å². The molecule has 5 nitrogen and oxygen atoms in total. The highest BCUT2D eigenvalue weighted by Crippen LogP contribution is 2.21. The third-order valence-corrected chi connectivity index (χ3v) is 2.73. The molecule has 1 unspecified atom stereocenters. The van der Waals surface area contributed by atoms with Crippen molar-refractivity contribution in [2.45, 2.75) is 27.2 Å². The maximum atomic E-state index is 11.1. The summed E-state index contributed by atoms with van der Waals surface area (Å²) in [5.74, 6) is 0.528. The van der Waals surface area contributed by atoms with Crippen molar-refractivity contribution in [3.8, 4) is 0 Å². The maximum absolute atomic E-state index is 11.1. The number of carbonyl (C=O) groups is 1. The highest BCUT2D eigenvalue weighted by atomic mass is 16.4. The van der Waals surface area contributed by atoms with Crippen LogP contribution in [0, 0.1) is 12.3 Å². The smallest absolute Gasteiger partial charge is 0.311 e. The summed E-state index contributed by atoms with van der Waals surface area (Å²) >= 11 is 0. The average molecular weight is 223 g/mol. The van der Waals surface area contributed by atoms with Crippen molar-refractivity contribution < 1.29 is 9.90 Å². The van der Waals surface area contributed by atoms with E-state index in [0.29, 0.717) is 24.6 Å². The van der Waals surface area contributed by atoms with Crippen LogP contribution in [0.3, 0.4) is 0 Å². The van der Waals surface area contributed by atoms with Crippen molar-refractivity contribution in [2.24, 2.45) is 5.41 Å². The van der Waals surface area contributed by atoms with Crippen LogP contribution in [0.2, 0.25) is 0 Å². The van der Waals surface area contributed by atoms with E-state index in [4.69, 9.17) is 5.11 Å². The van der Waals surface area contributed by atoms with E-state index < -0.39 is 11.4 Å². The summed E-state index contributed by atoms with van der Waals surface area (Å²) in [6, 6.07) is 1.73. The molecular weight excluding hydrogens is 206 g/mol. The first-order chi connectivity index (χ1) is 7.48. The molecule has 0 radical (unpaired) electrons. The summed E-state index contributed by atoms with van der Waals surface area (Å²) in [6.07, 6.45) is 2.22. The Morgan fingerprint density at radius 3 is 2.81 bits per heavy atom. The Balaban J connectivity index is 2.66. The summed E-state index contributed by atoms with van der Waals surface area (Å²) in [6.45, 7) is 5.73. The Bertz CT molecular complexity index is 381. The fourth-order valence-electron chi connectivity index (χ4n) is 1.19. The van der Waals surface area contributed by atoms with Crippen molar-refractivity contribution in [2.75, 3.05) is 11.9 Å². The van der Waals surface area contributed by atoms with Gasteiger partial charge in [0.1, 0.15) is 11.6 Å². The van der Waals surface area contributed by atoms with Gasteiger partial charge in [0.25, 0.3) is 0 Å². The maximum Gasteiger partial charge on any atom is 0.311 e. The molecule has 0 spiro atoms. The van der Waals surface area contributed by atoms with Gasteiger partial charge in [0.15, 0.2) is 0 Å². The van der Waals surface area contributed by atoms with Crippen molar-refractivity contribution >= 4 is 11.8 Å². The third kappa shape index (κ3) is 2.92. The fraction of sp³-hybridized carbons (Fsp3) is 0.545. The van der Waals surface area contributed by atoms with E-state index in [0.717, 1.165) is 0 Å². The number of anilines is 1. The van der Waals surface area contributed by atoms with Crippen LogP contribution in [0.1, 0.15) is 26.1 Å². The van der Waals surface area contributed by atoms with E-state index in [1.165, 1.54) is 0 Å². The van der Waals surface area contributed by atoms with Gasteiger partial charge >= 0.3 is 5.97 Å². The van der Waals surface area contributed by atoms with Gasteiger partial charge in [-0.2, -0.15) is 0 Å². The molecule has 1 rings (SSSR count). The quantitative estimate of drug-likeness (QED) is 0.794. The molecule has 0 amide bonds. The normalized spacial score (nSPS) is 14.2. The van der Waals surface area contributed by atoms with E-state index in [1.807, 2.05) is 6.92 Å². The van der Waals surface area contributed by atoms with Gasteiger partial charge in [-0.1, -0.05) is 6.92 Å². The van der Waals surface area contributed by atoms with E-state index >= 15 is 0 Å². The van der Waals surface area contributed by atoms with Crippen LogP contribution in [0.5, 0.6) is 0 Å². The lowest BCUT2D eigenvalue weighted by Crippen LogP contribution is -2.34. The highest BCUT2D eigenvalue weighted by Gasteiger charge is 2.30. The summed E-state index contributed by atoms with van der Waals surface area (Å²) in [4.78, 5) is 19.2. The standard InChI is InChI=1S/C11H17N3O2/c1-4-11(3,10(15)16)7-13-9-5-6-12-8(2)14-9/h5-6H,4,7H2,1-3H3,(H,15,16)(H,12,13,14).